The molecule has 0 spiro atoms. The molecule has 0 aliphatic heterocycles. The van der Waals surface area contributed by atoms with E-state index in [9.17, 15) is 10.1 Å². The van der Waals surface area contributed by atoms with Gasteiger partial charge in [0.05, 0.1) is 4.92 Å². The summed E-state index contributed by atoms with van der Waals surface area (Å²) >= 11 is 8.36. The SMILES string of the molecule is Cc1sc(CNc2ccc(Br)cc2[N+](=O)[O-])cc1Br. The largest absolute Gasteiger partial charge is 0.375 e. The lowest BCUT2D eigenvalue weighted by molar-refractivity contribution is -0.384. The molecule has 0 radical (unpaired) electrons. The van der Waals surface area contributed by atoms with Gasteiger partial charge in [0.1, 0.15) is 5.69 Å². The molecule has 0 unspecified atom stereocenters. The van der Waals surface area contributed by atoms with E-state index in [1.165, 1.54) is 10.9 Å². The fourth-order valence-corrected chi connectivity index (χ4v) is 3.48. The Hall–Kier alpha value is -0.920. The van der Waals surface area contributed by atoms with Gasteiger partial charge in [-0.25, -0.2) is 0 Å². The molecule has 0 saturated carbocycles. The standard InChI is InChI=1S/C12H10Br2N2O2S/c1-7-10(14)5-9(19-7)6-15-11-3-2-8(13)4-12(11)16(17)18/h2-5,15H,6H2,1H3. The molecule has 1 aromatic heterocycles. The predicted octanol–water partition coefficient (Wildman–Crippen LogP) is 5.10. The number of hydrogen-bond donors (Lipinski definition) is 1. The minimum Gasteiger partial charge on any atom is -0.375 e. The molecule has 2 rings (SSSR count). The lowest BCUT2D eigenvalue weighted by atomic mass is 10.2. The number of nitro benzene ring substituents is 1. The van der Waals surface area contributed by atoms with Gasteiger partial charge in [-0.05, 0) is 41.1 Å². The summed E-state index contributed by atoms with van der Waals surface area (Å²) in [4.78, 5) is 12.9. The van der Waals surface area contributed by atoms with Crippen molar-refractivity contribution in [3.63, 3.8) is 0 Å². The normalized spacial score (nSPS) is 10.5. The molecule has 1 heterocycles. The van der Waals surface area contributed by atoms with Crippen LogP contribution in [0.1, 0.15) is 9.75 Å². The van der Waals surface area contributed by atoms with Crippen LogP contribution in [0, 0.1) is 17.0 Å². The quantitative estimate of drug-likeness (QED) is 0.568. The maximum atomic E-state index is 11.0. The first-order valence-corrected chi connectivity index (χ1v) is 7.80. The third kappa shape index (κ3) is 3.55. The monoisotopic (exact) mass is 404 g/mol. The van der Waals surface area contributed by atoms with Crippen molar-refractivity contribution in [2.75, 3.05) is 5.32 Å². The Morgan fingerprint density at radius 2 is 2.11 bits per heavy atom. The van der Waals surface area contributed by atoms with Crippen LogP contribution < -0.4 is 5.32 Å². The van der Waals surface area contributed by atoms with E-state index in [4.69, 9.17) is 0 Å². The summed E-state index contributed by atoms with van der Waals surface area (Å²) in [5.41, 5.74) is 0.595. The van der Waals surface area contributed by atoms with Gasteiger partial charge < -0.3 is 5.32 Å². The van der Waals surface area contributed by atoms with E-state index in [2.05, 4.69) is 37.2 Å². The Balaban J connectivity index is 2.17. The minimum atomic E-state index is -0.386. The highest BCUT2D eigenvalue weighted by molar-refractivity contribution is 9.10. The summed E-state index contributed by atoms with van der Waals surface area (Å²) in [6.45, 7) is 2.60. The molecule has 0 aliphatic rings. The Morgan fingerprint density at radius 3 is 2.68 bits per heavy atom. The van der Waals surface area contributed by atoms with Crippen molar-refractivity contribution in [3.8, 4) is 0 Å². The summed E-state index contributed by atoms with van der Waals surface area (Å²) < 4.78 is 1.76. The Morgan fingerprint density at radius 1 is 1.37 bits per heavy atom. The van der Waals surface area contributed by atoms with Crippen molar-refractivity contribution in [2.45, 2.75) is 13.5 Å². The van der Waals surface area contributed by atoms with Gasteiger partial charge in [-0.2, -0.15) is 0 Å². The van der Waals surface area contributed by atoms with Crippen molar-refractivity contribution in [1.29, 1.82) is 0 Å². The van der Waals surface area contributed by atoms with E-state index in [1.54, 1.807) is 23.5 Å². The van der Waals surface area contributed by atoms with Crippen molar-refractivity contribution >= 4 is 54.6 Å². The molecule has 0 aliphatic carbocycles. The van der Waals surface area contributed by atoms with Crippen LogP contribution in [0.4, 0.5) is 11.4 Å². The van der Waals surface area contributed by atoms with E-state index in [0.717, 1.165) is 9.35 Å². The van der Waals surface area contributed by atoms with E-state index >= 15 is 0 Å². The van der Waals surface area contributed by atoms with Crippen molar-refractivity contribution in [3.05, 3.63) is 53.1 Å². The van der Waals surface area contributed by atoms with Crippen molar-refractivity contribution < 1.29 is 4.92 Å². The van der Waals surface area contributed by atoms with E-state index in [1.807, 2.05) is 13.0 Å². The molecule has 0 atom stereocenters. The maximum Gasteiger partial charge on any atom is 0.293 e. The summed E-state index contributed by atoms with van der Waals surface area (Å²) in [5, 5.41) is 14.1. The highest BCUT2D eigenvalue weighted by Gasteiger charge is 2.14. The molecule has 0 fully saturated rings. The molecule has 4 nitrogen and oxygen atoms in total. The number of nitrogens with zero attached hydrogens (tertiary/aromatic N) is 1. The second-order valence-electron chi connectivity index (χ2n) is 3.89. The molecule has 0 amide bonds. The lowest BCUT2D eigenvalue weighted by Gasteiger charge is -2.06. The number of nitrogens with one attached hydrogen (secondary N) is 1. The van der Waals surface area contributed by atoms with Crippen LogP contribution in [0.25, 0.3) is 0 Å². The zero-order valence-electron chi connectivity index (χ0n) is 9.94. The fourth-order valence-electron chi connectivity index (χ4n) is 1.59. The summed E-state index contributed by atoms with van der Waals surface area (Å²) in [7, 11) is 0. The number of aryl methyl sites for hydroxylation is 1. The summed E-state index contributed by atoms with van der Waals surface area (Å²) in [5.74, 6) is 0. The highest BCUT2D eigenvalue weighted by Crippen LogP contribution is 2.30. The fraction of sp³-hybridized carbons (Fsp3) is 0.167. The average Bonchev–Trinajstić information content (AvgIpc) is 2.67. The van der Waals surface area contributed by atoms with Crippen LogP contribution in [-0.4, -0.2) is 4.92 Å². The minimum absolute atomic E-state index is 0.0710. The molecule has 0 saturated heterocycles. The molecule has 19 heavy (non-hydrogen) atoms. The average molecular weight is 406 g/mol. The number of thiophene rings is 1. The first kappa shape index (κ1) is 14.5. The topological polar surface area (TPSA) is 55.2 Å². The van der Waals surface area contributed by atoms with Crippen LogP contribution in [0.3, 0.4) is 0 Å². The second-order valence-corrected chi connectivity index (χ2v) is 7.00. The molecular formula is C12H10Br2N2O2S. The zero-order valence-corrected chi connectivity index (χ0v) is 13.9. The zero-order chi connectivity index (χ0) is 14.0. The van der Waals surface area contributed by atoms with Gasteiger partial charge in [-0.3, -0.25) is 10.1 Å². The third-order valence-corrected chi connectivity index (χ3v) is 5.15. The maximum absolute atomic E-state index is 11.0. The van der Waals surface area contributed by atoms with Crippen LogP contribution >= 0.6 is 43.2 Å². The molecule has 100 valence electrons. The van der Waals surface area contributed by atoms with Crippen molar-refractivity contribution in [2.24, 2.45) is 0 Å². The second kappa shape index (κ2) is 6.02. The van der Waals surface area contributed by atoms with Gasteiger partial charge in [-0.1, -0.05) is 15.9 Å². The number of hydrogen-bond acceptors (Lipinski definition) is 4. The van der Waals surface area contributed by atoms with Crippen LogP contribution in [-0.2, 0) is 6.54 Å². The molecule has 1 N–H and O–H groups in total. The van der Waals surface area contributed by atoms with Gasteiger partial charge >= 0.3 is 0 Å². The number of rotatable bonds is 4. The van der Waals surface area contributed by atoms with Crippen LogP contribution in [0.15, 0.2) is 33.2 Å². The molecule has 7 heteroatoms. The number of anilines is 1. The Labute approximate surface area is 131 Å². The summed E-state index contributed by atoms with van der Waals surface area (Å²) in [6.07, 6.45) is 0. The van der Waals surface area contributed by atoms with Gasteiger partial charge in [-0.15, -0.1) is 11.3 Å². The summed E-state index contributed by atoms with van der Waals surface area (Å²) in [6, 6.07) is 7.01. The predicted molar refractivity (Wildman–Crippen MR) is 84.9 cm³/mol. The lowest BCUT2D eigenvalue weighted by Crippen LogP contribution is -2.01. The van der Waals surface area contributed by atoms with Crippen LogP contribution in [0.2, 0.25) is 0 Å². The molecular weight excluding hydrogens is 396 g/mol. The van der Waals surface area contributed by atoms with E-state index in [-0.39, 0.29) is 10.6 Å². The molecule has 0 bridgehead atoms. The number of halogens is 2. The van der Waals surface area contributed by atoms with Gasteiger partial charge in [0.25, 0.3) is 5.69 Å². The smallest absolute Gasteiger partial charge is 0.293 e. The number of benzene rings is 1. The first-order chi connectivity index (χ1) is 8.97. The van der Waals surface area contributed by atoms with E-state index in [0.29, 0.717) is 16.7 Å². The highest BCUT2D eigenvalue weighted by atomic mass is 79.9. The Kier molecular flexibility index (Phi) is 4.59. The molecule has 1 aromatic carbocycles. The Bertz CT molecular complexity index is 609. The van der Waals surface area contributed by atoms with Crippen molar-refractivity contribution in [1.82, 2.24) is 0 Å². The molecule has 2 aromatic rings. The van der Waals surface area contributed by atoms with Gasteiger partial charge in [0, 0.05) is 31.3 Å². The third-order valence-electron chi connectivity index (χ3n) is 2.52. The van der Waals surface area contributed by atoms with Gasteiger partial charge in [0.2, 0.25) is 0 Å². The first-order valence-electron chi connectivity index (χ1n) is 5.40. The van der Waals surface area contributed by atoms with Crippen LogP contribution in [0.5, 0.6) is 0 Å². The number of nitro groups is 1. The van der Waals surface area contributed by atoms with E-state index < -0.39 is 0 Å². The van der Waals surface area contributed by atoms with Gasteiger partial charge in [0.15, 0.2) is 0 Å².